The minimum Gasteiger partial charge on any atom is -0.497 e. The summed E-state index contributed by atoms with van der Waals surface area (Å²) in [6.07, 6.45) is -0.212. The fourth-order valence-electron chi connectivity index (χ4n) is 5.09. The molecule has 0 aliphatic carbocycles. The molecule has 0 aromatic heterocycles. The average molecular weight is 607 g/mol. The molecule has 4 aromatic rings. The second-order valence-corrected chi connectivity index (χ2v) is 10.4. The SMILES string of the molecule is COc1ccc(CNNC(=O)[C@@]2(Cc3ccccc3)N=C(c3ccc(OCCCO)cc3)O[C@H]2c2ccccc2N=[N+]=[N-])cc1. The zero-order chi connectivity index (χ0) is 31.5. The number of rotatable bonds is 14. The smallest absolute Gasteiger partial charge is 0.266 e. The maximum Gasteiger partial charge on any atom is 0.266 e. The molecule has 1 amide bonds. The van der Waals surface area contributed by atoms with E-state index < -0.39 is 17.6 Å². The highest BCUT2D eigenvalue weighted by molar-refractivity contribution is 6.01. The first-order valence-electron chi connectivity index (χ1n) is 14.5. The lowest BCUT2D eigenvalue weighted by Crippen LogP contribution is -2.53. The molecule has 5 rings (SSSR count). The lowest BCUT2D eigenvalue weighted by molar-refractivity contribution is -0.130. The Morgan fingerprint density at radius 1 is 0.978 bits per heavy atom. The third-order valence-corrected chi connectivity index (χ3v) is 7.37. The van der Waals surface area contributed by atoms with Crippen molar-refractivity contribution in [2.45, 2.75) is 31.0 Å². The Labute approximate surface area is 261 Å². The second-order valence-electron chi connectivity index (χ2n) is 10.4. The number of aliphatic hydroxyl groups is 1. The molecule has 1 aliphatic heterocycles. The molecule has 0 saturated carbocycles. The van der Waals surface area contributed by atoms with Gasteiger partial charge in [-0.15, -0.1) is 0 Å². The van der Waals surface area contributed by atoms with Gasteiger partial charge in [-0.2, -0.15) is 0 Å². The van der Waals surface area contributed by atoms with Crippen LogP contribution in [0.2, 0.25) is 0 Å². The monoisotopic (exact) mass is 606 g/mol. The maximum absolute atomic E-state index is 14.4. The largest absolute Gasteiger partial charge is 0.497 e. The molecule has 0 unspecified atom stereocenters. The summed E-state index contributed by atoms with van der Waals surface area (Å²) >= 11 is 0. The van der Waals surface area contributed by atoms with Gasteiger partial charge in [0.25, 0.3) is 5.91 Å². The number of aliphatic hydroxyl groups excluding tert-OH is 1. The van der Waals surface area contributed by atoms with E-state index in [1.807, 2.05) is 66.7 Å². The van der Waals surface area contributed by atoms with E-state index in [1.54, 1.807) is 43.5 Å². The normalized spacial score (nSPS) is 17.0. The standard InChI is InChI=1S/C34H34N6O5/c1-43-27-16-12-25(13-17-27)23-36-39-33(42)34(22-24-8-3-2-4-9-24)31(29-10-5-6-11-30(29)38-40-35)45-32(37-34)26-14-18-28(19-15-26)44-21-7-20-41/h2-6,8-19,31,36,41H,7,20-23H2,1H3,(H,39,42)/t31-,34-/m0/s1. The summed E-state index contributed by atoms with van der Waals surface area (Å²) in [7, 11) is 1.61. The summed E-state index contributed by atoms with van der Waals surface area (Å²) in [5.41, 5.74) is 17.1. The van der Waals surface area contributed by atoms with Crippen molar-refractivity contribution in [1.82, 2.24) is 10.9 Å². The summed E-state index contributed by atoms with van der Waals surface area (Å²) < 4.78 is 17.5. The van der Waals surface area contributed by atoms with Gasteiger partial charge >= 0.3 is 0 Å². The quantitative estimate of drug-likeness (QED) is 0.0549. The van der Waals surface area contributed by atoms with Crippen molar-refractivity contribution < 1.29 is 24.1 Å². The molecule has 11 heteroatoms. The number of methoxy groups -OCH3 is 1. The molecule has 0 radical (unpaired) electrons. The van der Waals surface area contributed by atoms with Crippen molar-refractivity contribution in [3.63, 3.8) is 0 Å². The van der Waals surface area contributed by atoms with Crippen LogP contribution < -0.4 is 20.3 Å². The molecule has 11 nitrogen and oxygen atoms in total. The van der Waals surface area contributed by atoms with Crippen LogP contribution in [0.5, 0.6) is 11.5 Å². The molecule has 3 N–H and O–H groups in total. The number of nitrogens with zero attached hydrogens (tertiary/aromatic N) is 4. The predicted octanol–water partition coefficient (Wildman–Crippen LogP) is 5.72. The Morgan fingerprint density at radius 3 is 2.40 bits per heavy atom. The van der Waals surface area contributed by atoms with E-state index in [0.717, 1.165) is 16.9 Å². The molecular formula is C34H34N6O5. The number of hydrogen-bond acceptors (Lipinski definition) is 8. The number of amides is 1. The summed E-state index contributed by atoms with van der Waals surface area (Å²) in [6, 6.07) is 31.3. The van der Waals surface area contributed by atoms with Gasteiger partial charge in [-0.1, -0.05) is 71.8 Å². The van der Waals surface area contributed by atoms with Crippen LogP contribution in [0.3, 0.4) is 0 Å². The van der Waals surface area contributed by atoms with E-state index in [2.05, 4.69) is 20.9 Å². The van der Waals surface area contributed by atoms with Crippen LogP contribution in [-0.4, -0.2) is 42.8 Å². The lowest BCUT2D eigenvalue weighted by atomic mass is 9.81. The van der Waals surface area contributed by atoms with Crippen LogP contribution in [0.25, 0.3) is 10.4 Å². The van der Waals surface area contributed by atoms with E-state index in [4.69, 9.17) is 24.3 Å². The number of ether oxygens (including phenoxy) is 3. The van der Waals surface area contributed by atoms with Crippen molar-refractivity contribution in [2.75, 3.05) is 20.3 Å². The molecule has 0 saturated heterocycles. The topological polar surface area (TPSA) is 150 Å². The molecule has 45 heavy (non-hydrogen) atoms. The van der Waals surface area contributed by atoms with Gasteiger partial charge in [-0.05, 0) is 53.1 Å². The van der Waals surface area contributed by atoms with Gasteiger partial charge in [-0.25, -0.2) is 10.4 Å². The number of hydrazine groups is 1. The molecule has 4 aromatic carbocycles. The highest BCUT2D eigenvalue weighted by atomic mass is 16.5. The second kappa shape index (κ2) is 14.9. The van der Waals surface area contributed by atoms with Gasteiger partial charge < -0.3 is 19.3 Å². The first-order chi connectivity index (χ1) is 22.1. The van der Waals surface area contributed by atoms with Gasteiger partial charge in [0.05, 0.1) is 13.7 Å². The Hall–Kier alpha value is -5.35. The number of azide groups is 1. The molecule has 2 atom stereocenters. The molecule has 1 aliphatic rings. The van der Waals surface area contributed by atoms with Crippen molar-refractivity contribution in [1.29, 1.82) is 0 Å². The number of nitrogens with one attached hydrogen (secondary N) is 2. The Morgan fingerprint density at radius 2 is 1.69 bits per heavy atom. The van der Waals surface area contributed by atoms with Crippen LogP contribution in [0, 0.1) is 0 Å². The Bertz CT molecular complexity index is 1660. The van der Waals surface area contributed by atoms with E-state index in [-0.39, 0.29) is 18.9 Å². The van der Waals surface area contributed by atoms with Crippen LogP contribution in [0.4, 0.5) is 5.69 Å². The highest BCUT2D eigenvalue weighted by Crippen LogP contribution is 2.45. The molecule has 230 valence electrons. The van der Waals surface area contributed by atoms with Crippen LogP contribution in [0.1, 0.15) is 34.8 Å². The zero-order valence-corrected chi connectivity index (χ0v) is 24.8. The highest BCUT2D eigenvalue weighted by Gasteiger charge is 2.54. The van der Waals surface area contributed by atoms with E-state index in [0.29, 0.717) is 42.1 Å². The maximum atomic E-state index is 14.4. The minimum atomic E-state index is -1.49. The molecule has 1 heterocycles. The summed E-state index contributed by atoms with van der Waals surface area (Å²) in [5.74, 6) is 1.21. The summed E-state index contributed by atoms with van der Waals surface area (Å²) in [4.78, 5) is 22.4. The molecule has 0 bridgehead atoms. The lowest BCUT2D eigenvalue weighted by Gasteiger charge is -2.31. The third kappa shape index (κ3) is 7.42. The zero-order valence-electron chi connectivity index (χ0n) is 24.8. The number of carbonyl (C=O) groups excluding carboxylic acids is 1. The van der Waals surface area contributed by atoms with Crippen LogP contribution >= 0.6 is 0 Å². The number of carbonyl (C=O) groups is 1. The summed E-state index contributed by atoms with van der Waals surface area (Å²) in [6.45, 7) is 0.781. The summed E-state index contributed by atoms with van der Waals surface area (Å²) in [5, 5.41) is 13.0. The molecular weight excluding hydrogens is 572 g/mol. The Kier molecular flexibility index (Phi) is 10.3. The van der Waals surface area contributed by atoms with Crippen molar-refractivity contribution >= 4 is 17.5 Å². The van der Waals surface area contributed by atoms with Gasteiger partial charge in [0.1, 0.15) is 11.5 Å². The number of hydrogen-bond donors (Lipinski definition) is 3. The number of benzene rings is 4. The van der Waals surface area contributed by atoms with Crippen LogP contribution in [-0.2, 0) is 22.5 Å². The van der Waals surface area contributed by atoms with E-state index in [1.165, 1.54) is 0 Å². The fraction of sp³-hybridized carbons (Fsp3) is 0.235. The van der Waals surface area contributed by atoms with Gasteiger partial charge in [0.2, 0.25) is 5.90 Å². The Balaban J connectivity index is 1.53. The van der Waals surface area contributed by atoms with Crippen LogP contribution in [0.15, 0.2) is 113 Å². The molecule has 0 spiro atoms. The van der Waals surface area contributed by atoms with Gasteiger partial charge in [0.15, 0.2) is 11.6 Å². The van der Waals surface area contributed by atoms with Gasteiger partial charge in [-0.3, -0.25) is 10.2 Å². The fourth-order valence-corrected chi connectivity index (χ4v) is 5.09. The first-order valence-corrected chi connectivity index (χ1v) is 14.5. The number of aliphatic imine (C=N–C) groups is 1. The van der Waals surface area contributed by atoms with Crippen molar-refractivity contribution in [3.05, 3.63) is 136 Å². The third-order valence-electron chi connectivity index (χ3n) is 7.37. The minimum absolute atomic E-state index is 0.0436. The average Bonchev–Trinajstić information content (AvgIpc) is 3.46. The van der Waals surface area contributed by atoms with E-state index in [9.17, 15) is 10.3 Å². The predicted molar refractivity (Wildman–Crippen MR) is 170 cm³/mol. The van der Waals surface area contributed by atoms with Crippen molar-refractivity contribution in [2.24, 2.45) is 10.1 Å². The van der Waals surface area contributed by atoms with Crippen molar-refractivity contribution in [3.8, 4) is 11.5 Å². The first kappa shape index (κ1) is 31.1. The van der Waals surface area contributed by atoms with Gasteiger partial charge in [0, 0.05) is 47.7 Å². The molecule has 0 fully saturated rings. The van der Waals surface area contributed by atoms with E-state index >= 15 is 0 Å².